The average Bonchev–Trinajstić information content (AvgIpc) is 2.45. The molecule has 21 heavy (non-hydrogen) atoms. The van der Waals surface area contributed by atoms with Crippen molar-refractivity contribution in [1.82, 2.24) is 0 Å². The summed E-state index contributed by atoms with van der Waals surface area (Å²) in [5.74, 6) is -2.03. The Morgan fingerprint density at radius 1 is 1.14 bits per heavy atom. The van der Waals surface area contributed by atoms with Gasteiger partial charge < -0.3 is 19.9 Å². The van der Waals surface area contributed by atoms with Gasteiger partial charge in [-0.2, -0.15) is 0 Å². The van der Waals surface area contributed by atoms with E-state index in [1.54, 1.807) is 12.1 Å². The van der Waals surface area contributed by atoms with Crippen LogP contribution >= 0.6 is 0 Å². The van der Waals surface area contributed by atoms with Gasteiger partial charge in [0.25, 0.3) is 0 Å². The predicted octanol–water partition coefficient (Wildman–Crippen LogP) is 1.29. The molecule has 0 saturated carbocycles. The molecule has 0 saturated heterocycles. The summed E-state index contributed by atoms with van der Waals surface area (Å²) in [5, 5.41) is 10.9. The summed E-state index contributed by atoms with van der Waals surface area (Å²) in [4.78, 5) is 33.2. The number of hydrogen-bond donors (Lipinski definition) is 2. The third kappa shape index (κ3) is 6.53. The van der Waals surface area contributed by atoms with E-state index in [1.807, 2.05) is 6.92 Å². The predicted molar refractivity (Wildman–Crippen MR) is 74.1 cm³/mol. The molecule has 0 bridgehead atoms. The normalized spacial score (nSPS) is 9.95. The first-order chi connectivity index (χ1) is 10.0. The van der Waals surface area contributed by atoms with Gasteiger partial charge >= 0.3 is 11.9 Å². The van der Waals surface area contributed by atoms with Gasteiger partial charge in [0.2, 0.25) is 5.91 Å². The lowest BCUT2D eigenvalue weighted by atomic mass is 10.2. The van der Waals surface area contributed by atoms with Crippen LogP contribution in [0, 0.1) is 0 Å². The molecule has 7 heteroatoms. The van der Waals surface area contributed by atoms with E-state index < -0.39 is 24.5 Å². The average molecular weight is 295 g/mol. The number of carbonyl (C=O) groups is 3. The molecular formula is C14H17NO6. The van der Waals surface area contributed by atoms with Gasteiger partial charge in [0.1, 0.15) is 13.2 Å². The van der Waals surface area contributed by atoms with E-state index in [0.717, 1.165) is 6.42 Å². The van der Waals surface area contributed by atoms with E-state index in [4.69, 9.17) is 9.84 Å². The molecule has 0 heterocycles. The standard InChI is InChI=1S/C14H17NO6/c1-2-7-21-14(19)10-3-5-11(6-4-10)15-12(16)8-20-9-13(17)18/h3-6H,2,7-9H2,1H3,(H,15,16)(H,17,18). The Hall–Kier alpha value is -2.41. The zero-order valence-corrected chi connectivity index (χ0v) is 11.6. The topological polar surface area (TPSA) is 102 Å². The molecule has 1 rings (SSSR count). The Kier molecular flexibility index (Phi) is 6.90. The molecule has 0 aromatic heterocycles. The number of carboxylic acid groups (broad SMARTS) is 1. The summed E-state index contributed by atoms with van der Waals surface area (Å²) in [5.41, 5.74) is 0.870. The van der Waals surface area contributed by atoms with Crippen LogP contribution in [-0.2, 0) is 19.1 Å². The first-order valence-electron chi connectivity index (χ1n) is 6.39. The van der Waals surface area contributed by atoms with Crippen LogP contribution < -0.4 is 5.32 Å². The minimum atomic E-state index is -1.14. The number of benzene rings is 1. The van der Waals surface area contributed by atoms with E-state index >= 15 is 0 Å². The Bertz CT molecular complexity index is 497. The van der Waals surface area contributed by atoms with Gasteiger partial charge in [-0.15, -0.1) is 0 Å². The van der Waals surface area contributed by atoms with Gasteiger partial charge in [0.05, 0.1) is 12.2 Å². The van der Waals surface area contributed by atoms with E-state index in [9.17, 15) is 14.4 Å². The molecule has 0 unspecified atom stereocenters. The Balaban J connectivity index is 2.45. The summed E-state index contributed by atoms with van der Waals surface area (Å²) in [7, 11) is 0. The van der Waals surface area contributed by atoms with Crippen LogP contribution in [0.4, 0.5) is 5.69 Å². The molecule has 0 spiro atoms. The lowest BCUT2D eigenvalue weighted by Gasteiger charge is -2.07. The second-order valence-corrected chi connectivity index (χ2v) is 4.15. The van der Waals surface area contributed by atoms with E-state index in [-0.39, 0.29) is 6.61 Å². The number of carbonyl (C=O) groups excluding carboxylic acids is 2. The van der Waals surface area contributed by atoms with Crippen molar-refractivity contribution in [3.05, 3.63) is 29.8 Å². The van der Waals surface area contributed by atoms with Crippen LogP contribution in [0.3, 0.4) is 0 Å². The third-order valence-corrected chi connectivity index (χ3v) is 2.30. The Morgan fingerprint density at radius 2 is 1.81 bits per heavy atom. The monoisotopic (exact) mass is 295 g/mol. The van der Waals surface area contributed by atoms with Crippen molar-refractivity contribution >= 4 is 23.5 Å². The molecule has 0 aliphatic carbocycles. The lowest BCUT2D eigenvalue weighted by Crippen LogP contribution is -2.20. The summed E-state index contributed by atoms with van der Waals surface area (Å²) in [6.07, 6.45) is 0.746. The number of anilines is 1. The molecule has 1 aromatic rings. The number of nitrogens with one attached hydrogen (secondary N) is 1. The smallest absolute Gasteiger partial charge is 0.338 e. The maximum absolute atomic E-state index is 11.6. The Morgan fingerprint density at radius 3 is 2.38 bits per heavy atom. The first-order valence-corrected chi connectivity index (χ1v) is 6.39. The molecular weight excluding hydrogens is 278 g/mol. The molecule has 2 N–H and O–H groups in total. The highest BCUT2D eigenvalue weighted by molar-refractivity contribution is 5.93. The summed E-state index contributed by atoms with van der Waals surface area (Å²) >= 11 is 0. The van der Waals surface area contributed by atoms with Crippen LogP contribution in [0.5, 0.6) is 0 Å². The Labute approximate surface area is 121 Å². The largest absolute Gasteiger partial charge is 0.480 e. The van der Waals surface area contributed by atoms with Crippen molar-refractivity contribution in [2.24, 2.45) is 0 Å². The zero-order chi connectivity index (χ0) is 15.7. The molecule has 7 nitrogen and oxygen atoms in total. The fourth-order valence-corrected chi connectivity index (χ4v) is 1.40. The molecule has 0 aliphatic heterocycles. The number of ether oxygens (including phenoxy) is 2. The quantitative estimate of drug-likeness (QED) is 0.701. The molecule has 114 valence electrons. The van der Waals surface area contributed by atoms with Gasteiger partial charge in [0, 0.05) is 5.69 Å². The van der Waals surface area contributed by atoms with Crippen LogP contribution in [0.2, 0.25) is 0 Å². The molecule has 0 aliphatic rings. The molecule has 1 amide bonds. The van der Waals surface area contributed by atoms with E-state index in [2.05, 4.69) is 10.1 Å². The van der Waals surface area contributed by atoms with Gasteiger partial charge in [-0.1, -0.05) is 6.92 Å². The molecule has 0 atom stereocenters. The maximum atomic E-state index is 11.6. The second-order valence-electron chi connectivity index (χ2n) is 4.15. The van der Waals surface area contributed by atoms with Gasteiger partial charge in [-0.25, -0.2) is 9.59 Å². The minimum absolute atomic E-state index is 0.355. The second kappa shape index (κ2) is 8.70. The number of amides is 1. The number of hydrogen-bond acceptors (Lipinski definition) is 5. The number of esters is 1. The van der Waals surface area contributed by atoms with Crippen molar-refractivity contribution in [1.29, 1.82) is 0 Å². The van der Waals surface area contributed by atoms with Crippen molar-refractivity contribution in [3.8, 4) is 0 Å². The lowest BCUT2D eigenvalue weighted by molar-refractivity contribution is -0.143. The molecule has 0 radical (unpaired) electrons. The number of rotatable bonds is 8. The van der Waals surface area contributed by atoms with Crippen molar-refractivity contribution in [2.45, 2.75) is 13.3 Å². The fraction of sp³-hybridized carbons (Fsp3) is 0.357. The zero-order valence-electron chi connectivity index (χ0n) is 11.6. The van der Waals surface area contributed by atoms with E-state index in [0.29, 0.717) is 17.9 Å². The van der Waals surface area contributed by atoms with Crippen LogP contribution in [-0.4, -0.2) is 42.8 Å². The highest BCUT2D eigenvalue weighted by Crippen LogP contribution is 2.10. The fourth-order valence-electron chi connectivity index (χ4n) is 1.40. The number of carboxylic acids is 1. The highest BCUT2D eigenvalue weighted by Gasteiger charge is 2.08. The summed E-state index contributed by atoms with van der Waals surface area (Å²) in [6.45, 7) is 1.37. The highest BCUT2D eigenvalue weighted by atomic mass is 16.5. The maximum Gasteiger partial charge on any atom is 0.338 e. The summed E-state index contributed by atoms with van der Waals surface area (Å²) in [6, 6.07) is 6.17. The first kappa shape index (κ1) is 16.6. The molecule has 0 fully saturated rings. The van der Waals surface area contributed by atoms with Crippen molar-refractivity contribution < 1.29 is 29.0 Å². The van der Waals surface area contributed by atoms with Crippen LogP contribution in [0.15, 0.2) is 24.3 Å². The molecule has 1 aromatic carbocycles. The van der Waals surface area contributed by atoms with Crippen LogP contribution in [0.25, 0.3) is 0 Å². The van der Waals surface area contributed by atoms with Crippen molar-refractivity contribution in [2.75, 3.05) is 25.1 Å². The minimum Gasteiger partial charge on any atom is -0.480 e. The van der Waals surface area contributed by atoms with Gasteiger partial charge in [-0.3, -0.25) is 4.79 Å². The summed E-state index contributed by atoms with van der Waals surface area (Å²) < 4.78 is 9.62. The van der Waals surface area contributed by atoms with E-state index in [1.165, 1.54) is 12.1 Å². The number of aliphatic carboxylic acids is 1. The van der Waals surface area contributed by atoms with Crippen molar-refractivity contribution in [3.63, 3.8) is 0 Å². The SMILES string of the molecule is CCCOC(=O)c1ccc(NC(=O)COCC(=O)O)cc1. The van der Waals surface area contributed by atoms with Gasteiger partial charge in [0.15, 0.2) is 0 Å². The van der Waals surface area contributed by atoms with Crippen LogP contribution in [0.1, 0.15) is 23.7 Å². The third-order valence-electron chi connectivity index (χ3n) is 2.30. The van der Waals surface area contributed by atoms with Gasteiger partial charge in [-0.05, 0) is 30.7 Å².